The standard InChI is InChI=1S/C13H22N4O2/c1-3-17-5-4-15-12(17)8-16(2)13(19)9-6-10(14)11(18)7-9/h4-5,9-11,18H,3,6-8,14H2,1-2H3/t9-,10+,11+/m0/s1. The molecule has 1 aromatic rings. The van der Waals surface area contributed by atoms with E-state index in [4.69, 9.17) is 5.73 Å². The molecule has 0 aromatic carbocycles. The molecule has 106 valence electrons. The van der Waals surface area contributed by atoms with E-state index >= 15 is 0 Å². The van der Waals surface area contributed by atoms with Crippen LogP contribution in [-0.2, 0) is 17.9 Å². The van der Waals surface area contributed by atoms with Gasteiger partial charge in [0.05, 0.1) is 12.6 Å². The second-order valence-corrected chi connectivity index (χ2v) is 5.22. The number of aliphatic hydroxyl groups is 1. The van der Waals surface area contributed by atoms with Crippen molar-refractivity contribution in [3.8, 4) is 0 Å². The smallest absolute Gasteiger partial charge is 0.225 e. The lowest BCUT2D eigenvalue weighted by Gasteiger charge is -2.21. The second kappa shape index (κ2) is 5.71. The molecule has 0 spiro atoms. The summed E-state index contributed by atoms with van der Waals surface area (Å²) in [5, 5.41) is 9.63. The van der Waals surface area contributed by atoms with Gasteiger partial charge < -0.3 is 20.3 Å². The summed E-state index contributed by atoms with van der Waals surface area (Å²) in [5.41, 5.74) is 5.75. The summed E-state index contributed by atoms with van der Waals surface area (Å²) < 4.78 is 2.01. The Bertz CT molecular complexity index is 436. The number of hydrogen-bond donors (Lipinski definition) is 2. The lowest BCUT2D eigenvalue weighted by molar-refractivity contribution is -0.134. The average molecular weight is 266 g/mol. The number of imidazole rings is 1. The summed E-state index contributed by atoms with van der Waals surface area (Å²) in [5.74, 6) is 0.749. The molecule has 19 heavy (non-hydrogen) atoms. The normalized spacial score (nSPS) is 26.6. The fourth-order valence-corrected chi connectivity index (χ4v) is 2.63. The predicted molar refractivity (Wildman–Crippen MR) is 71.1 cm³/mol. The molecule has 1 saturated carbocycles. The third-order valence-corrected chi connectivity index (χ3v) is 3.82. The number of hydrogen-bond acceptors (Lipinski definition) is 4. The third kappa shape index (κ3) is 2.96. The Hall–Kier alpha value is -1.40. The van der Waals surface area contributed by atoms with Crippen LogP contribution in [0.2, 0.25) is 0 Å². The molecule has 3 atom stereocenters. The Morgan fingerprint density at radius 1 is 1.63 bits per heavy atom. The zero-order chi connectivity index (χ0) is 14.0. The van der Waals surface area contributed by atoms with Crippen molar-refractivity contribution >= 4 is 5.91 Å². The first kappa shape index (κ1) is 14.0. The first-order valence-corrected chi connectivity index (χ1v) is 6.71. The number of aryl methyl sites for hydroxylation is 1. The molecule has 0 bridgehead atoms. The highest BCUT2D eigenvalue weighted by atomic mass is 16.3. The number of carbonyl (C=O) groups excluding carboxylic acids is 1. The number of aromatic nitrogens is 2. The summed E-state index contributed by atoms with van der Waals surface area (Å²) >= 11 is 0. The summed E-state index contributed by atoms with van der Waals surface area (Å²) in [6.45, 7) is 3.37. The van der Waals surface area contributed by atoms with E-state index in [1.807, 2.05) is 17.7 Å². The van der Waals surface area contributed by atoms with Crippen molar-refractivity contribution in [2.24, 2.45) is 11.7 Å². The Labute approximate surface area is 113 Å². The monoisotopic (exact) mass is 266 g/mol. The van der Waals surface area contributed by atoms with Gasteiger partial charge in [-0.25, -0.2) is 4.98 Å². The van der Waals surface area contributed by atoms with Crippen LogP contribution < -0.4 is 5.73 Å². The van der Waals surface area contributed by atoms with Gasteiger partial charge in [0.25, 0.3) is 0 Å². The number of nitrogens with zero attached hydrogens (tertiary/aromatic N) is 3. The molecule has 2 rings (SSSR count). The van der Waals surface area contributed by atoms with Gasteiger partial charge in [0.1, 0.15) is 5.82 Å². The first-order valence-electron chi connectivity index (χ1n) is 6.71. The molecule has 0 saturated heterocycles. The number of amides is 1. The molecule has 6 nitrogen and oxygen atoms in total. The van der Waals surface area contributed by atoms with Crippen LogP contribution in [-0.4, -0.2) is 44.7 Å². The van der Waals surface area contributed by atoms with Crippen molar-refractivity contribution in [3.05, 3.63) is 18.2 Å². The molecule has 0 aliphatic heterocycles. The van der Waals surface area contributed by atoms with Crippen LogP contribution in [0.5, 0.6) is 0 Å². The van der Waals surface area contributed by atoms with Crippen LogP contribution in [0.4, 0.5) is 0 Å². The van der Waals surface area contributed by atoms with Gasteiger partial charge >= 0.3 is 0 Å². The Kier molecular flexibility index (Phi) is 4.21. The van der Waals surface area contributed by atoms with E-state index in [1.54, 1.807) is 18.1 Å². The van der Waals surface area contributed by atoms with E-state index in [2.05, 4.69) is 4.98 Å². The molecule has 1 fully saturated rings. The zero-order valence-corrected chi connectivity index (χ0v) is 11.5. The van der Waals surface area contributed by atoms with Gasteiger partial charge in [0, 0.05) is 37.9 Å². The average Bonchev–Trinajstić information content (AvgIpc) is 2.96. The van der Waals surface area contributed by atoms with Crippen LogP contribution in [0.1, 0.15) is 25.6 Å². The van der Waals surface area contributed by atoms with E-state index in [0.29, 0.717) is 19.4 Å². The highest BCUT2D eigenvalue weighted by molar-refractivity contribution is 5.79. The van der Waals surface area contributed by atoms with Crippen molar-refractivity contribution in [2.75, 3.05) is 7.05 Å². The summed E-state index contributed by atoms with van der Waals surface area (Å²) in [7, 11) is 1.77. The highest BCUT2D eigenvalue weighted by Gasteiger charge is 2.36. The van der Waals surface area contributed by atoms with Gasteiger partial charge in [-0.2, -0.15) is 0 Å². The number of nitrogens with two attached hydrogens (primary N) is 1. The molecular weight excluding hydrogens is 244 g/mol. The van der Waals surface area contributed by atoms with Gasteiger partial charge in [-0.05, 0) is 19.8 Å². The van der Waals surface area contributed by atoms with Crippen molar-refractivity contribution in [3.63, 3.8) is 0 Å². The maximum Gasteiger partial charge on any atom is 0.225 e. The lowest BCUT2D eigenvalue weighted by atomic mass is 10.1. The topological polar surface area (TPSA) is 84.4 Å². The summed E-state index contributed by atoms with van der Waals surface area (Å²) in [4.78, 5) is 18.2. The Morgan fingerprint density at radius 3 is 2.95 bits per heavy atom. The second-order valence-electron chi connectivity index (χ2n) is 5.22. The lowest BCUT2D eigenvalue weighted by Crippen LogP contribution is -2.33. The van der Waals surface area contributed by atoms with Gasteiger partial charge in [-0.15, -0.1) is 0 Å². The fourth-order valence-electron chi connectivity index (χ4n) is 2.63. The van der Waals surface area contributed by atoms with Gasteiger partial charge in [0.2, 0.25) is 5.91 Å². The van der Waals surface area contributed by atoms with Crippen molar-refractivity contribution in [2.45, 2.75) is 45.0 Å². The van der Waals surface area contributed by atoms with E-state index < -0.39 is 6.10 Å². The predicted octanol–water partition coefficient (Wildman–Crippen LogP) is -0.0404. The highest BCUT2D eigenvalue weighted by Crippen LogP contribution is 2.26. The van der Waals surface area contributed by atoms with E-state index in [1.165, 1.54) is 0 Å². The summed E-state index contributed by atoms with van der Waals surface area (Å²) in [6, 6.07) is -0.278. The van der Waals surface area contributed by atoms with E-state index in [9.17, 15) is 9.90 Å². The molecular formula is C13H22N4O2. The van der Waals surface area contributed by atoms with Crippen LogP contribution in [0.25, 0.3) is 0 Å². The number of carbonyl (C=O) groups is 1. The molecule has 0 unspecified atom stereocenters. The van der Waals surface area contributed by atoms with Crippen molar-refractivity contribution in [1.82, 2.24) is 14.5 Å². The minimum absolute atomic E-state index is 0.0395. The van der Waals surface area contributed by atoms with Gasteiger partial charge in [-0.1, -0.05) is 0 Å². The van der Waals surface area contributed by atoms with Crippen molar-refractivity contribution < 1.29 is 9.90 Å². The molecule has 1 heterocycles. The van der Waals surface area contributed by atoms with Crippen molar-refractivity contribution in [1.29, 1.82) is 0 Å². The van der Waals surface area contributed by atoms with E-state index in [-0.39, 0.29) is 17.9 Å². The molecule has 1 amide bonds. The molecule has 1 aromatic heterocycles. The van der Waals surface area contributed by atoms with Crippen LogP contribution >= 0.6 is 0 Å². The van der Waals surface area contributed by atoms with Gasteiger partial charge in [0.15, 0.2) is 0 Å². The third-order valence-electron chi connectivity index (χ3n) is 3.82. The van der Waals surface area contributed by atoms with Crippen LogP contribution in [0.3, 0.4) is 0 Å². The molecule has 0 radical (unpaired) electrons. The summed E-state index contributed by atoms with van der Waals surface area (Å²) in [6.07, 6.45) is 4.12. The number of aliphatic hydroxyl groups excluding tert-OH is 1. The number of rotatable bonds is 4. The largest absolute Gasteiger partial charge is 0.391 e. The van der Waals surface area contributed by atoms with Gasteiger partial charge in [-0.3, -0.25) is 4.79 Å². The van der Waals surface area contributed by atoms with Crippen LogP contribution in [0.15, 0.2) is 12.4 Å². The maximum atomic E-state index is 12.3. The van der Waals surface area contributed by atoms with Crippen LogP contribution in [0, 0.1) is 5.92 Å². The molecule has 1 aliphatic carbocycles. The maximum absolute atomic E-state index is 12.3. The fraction of sp³-hybridized carbons (Fsp3) is 0.692. The first-order chi connectivity index (χ1) is 9.02. The molecule has 3 N–H and O–H groups in total. The quantitative estimate of drug-likeness (QED) is 0.801. The SMILES string of the molecule is CCn1ccnc1CN(C)C(=O)[C@H]1C[C@@H](N)[C@H](O)C1. The minimum atomic E-state index is -0.556. The molecule has 1 aliphatic rings. The zero-order valence-electron chi connectivity index (χ0n) is 11.5. The Balaban J connectivity index is 1.96. The Morgan fingerprint density at radius 2 is 2.37 bits per heavy atom. The van der Waals surface area contributed by atoms with E-state index in [0.717, 1.165) is 12.4 Å². The minimum Gasteiger partial charge on any atom is -0.391 e. The molecule has 6 heteroatoms.